The van der Waals surface area contributed by atoms with Gasteiger partial charge in [0.05, 0.1) is 6.10 Å². The molecule has 0 spiro atoms. The Bertz CT molecular complexity index is 880. The van der Waals surface area contributed by atoms with Crippen LogP contribution in [0.3, 0.4) is 0 Å². The number of allylic oxidation sites excluding steroid dienone is 2. The summed E-state index contributed by atoms with van der Waals surface area (Å²) < 4.78 is 0. The average molecular weight is 419 g/mol. The van der Waals surface area contributed by atoms with Crippen molar-refractivity contribution in [2.45, 2.75) is 85.2 Å². The smallest absolute Gasteiger partial charge is 0.0577 e. The van der Waals surface area contributed by atoms with E-state index in [1.807, 2.05) is 0 Å². The molecule has 0 heterocycles. The third-order valence-electron chi connectivity index (χ3n) is 10.6. The third kappa shape index (κ3) is 3.47. The molecule has 0 unspecified atom stereocenters. The van der Waals surface area contributed by atoms with Crippen molar-refractivity contribution in [3.63, 3.8) is 0 Å². The molecule has 0 aliphatic heterocycles. The second-order valence-electron chi connectivity index (χ2n) is 12.0. The highest BCUT2D eigenvalue weighted by Crippen LogP contribution is 2.67. The van der Waals surface area contributed by atoms with E-state index in [-0.39, 0.29) is 6.10 Å². The third-order valence-corrected chi connectivity index (χ3v) is 10.6. The van der Waals surface area contributed by atoms with Gasteiger partial charge in [-0.1, -0.05) is 68.8 Å². The van der Waals surface area contributed by atoms with E-state index in [1.54, 1.807) is 5.57 Å². The number of aryl methyl sites for hydroxylation is 1. The van der Waals surface area contributed by atoms with E-state index in [2.05, 4.69) is 70.2 Å². The first-order valence-electron chi connectivity index (χ1n) is 12.9. The van der Waals surface area contributed by atoms with Crippen LogP contribution in [0.1, 0.15) is 83.3 Å². The van der Waals surface area contributed by atoms with Gasteiger partial charge in [-0.3, -0.25) is 0 Å². The molecule has 0 saturated heterocycles. The summed E-state index contributed by atoms with van der Waals surface area (Å²) in [5, 5.41) is 10.2. The Kier molecular flexibility index (Phi) is 5.48. The molecule has 1 aromatic carbocycles. The highest BCUT2D eigenvalue weighted by Gasteiger charge is 2.58. The second-order valence-corrected chi connectivity index (χ2v) is 12.0. The number of hydrogen-bond acceptors (Lipinski definition) is 1. The van der Waals surface area contributed by atoms with Crippen LogP contribution < -0.4 is 0 Å². The minimum atomic E-state index is -0.0959. The first-order chi connectivity index (χ1) is 14.8. The number of rotatable bonds is 3. The van der Waals surface area contributed by atoms with Crippen molar-refractivity contribution < 1.29 is 5.11 Å². The highest BCUT2D eigenvalue weighted by molar-refractivity contribution is 5.53. The maximum atomic E-state index is 10.2. The largest absolute Gasteiger partial charge is 0.393 e. The van der Waals surface area contributed by atoms with E-state index in [4.69, 9.17) is 0 Å². The van der Waals surface area contributed by atoms with Gasteiger partial charge in [0, 0.05) is 0 Å². The predicted molar refractivity (Wildman–Crippen MR) is 131 cm³/mol. The number of fused-ring (bicyclic) bond motifs is 5. The minimum Gasteiger partial charge on any atom is -0.393 e. The lowest BCUT2D eigenvalue weighted by Crippen LogP contribution is -2.50. The summed E-state index contributed by atoms with van der Waals surface area (Å²) in [6.45, 7) is 9.89. The van der Waals surface area contributed by atoms with Gasteiger partial charge in [-0.15, -0.1) is 0 Å². The summed E-state index contributed by atoms with van der Waals surface area (Å²) in [5.41, 5.74) is 5.19. The van der Waals surface area contributed by atoms with Gasteiger partial charge in [0.25, 0.3) is 0 Å². The van der Waals surface area contributed by atoms with E-state index >= 15 is 0 Å². The van der Waals surface area contributed by atoms with Crippen molar-refractivity contribution in [3.05, 3.63) is 53.1 Å². The maximum Gasteiger partial charge on any atom is 0.0577 e. The number of benzene rings is 1. The SMILES string of the molecule is Cc1ccccc1/C=C/[C@@H](C)[C@H]1CC[C@H]2[C@@H]3CC=C4C[C@@H](O)CC[C@]4(C)[C@H]3CC[C@]12C. The molecule has 168 valence electrons. The summed E-state index contributed by atoms with van der Waals surface area (Å²) >= 11 is 0. The van der Waals surface area contributed by atoms with E-state index in [0.29, 0.717) is 16.7 Å². The van der Waals surface area contributed by atoms with Gasteiger partial charge in [-0.25, -0.2) is 0 Å². The van der Waals surface area contributed by atoms with Crippen molar-refractivity contribution >= 4 is 6.08 Å². The van der Waals surface area contributed by atoms with Crippen LogP contribution in [0.25, 0.3) is 6.08 Å². The minimum absolute atomic E-state index is 0.0959. The summed E-state index contributed by atoms with van der Waals surface area (Å²) in [6, 6.07) is 8.75. The highest BCUT2D eigenvalue weighted by atomic mass is 16.3. The van der Waals surface area contributed by atoms with E-state index in [0.717, 1.165) is 36.5 Å². The van der Waals surface area contributed by atoms with Gasteiger partial charge < -0.3 is 5.11 Å². The molecule has 1 N–H and O–H groups in total. The second kappa shape index (κ2) is 7.91. The Hall–Kier alpha value is -1.34. The van der Waals surface area contributed by atoms with Crippen molar-refractivity contribution in [3.8, 4) is 0 Å². The summed E-state index contributed by atoms with van der Waals surface area (Å²) in [7, 11) is 0. The van der Waals surface area contributed by atoms with Crippen LogP contribution in [0.5, 0.6) is 0 Å². The van der Waals surface area contributed by atoms with Crippen molar-refractivity contribution in [1.82, 2.24) is 0 Å². The van der Waals surface area contributed by atoms with Gasteiger partial charge >= 0.3 is 0 Å². The zero-order valence-electron chi connectivity index (χ0n) is 20.1. The molecule has 1 heteroatoms. The Labute approximate surface area is 190 Å². The monoisotopic (exact) mass is 418 g/mol. The predicted octanol–water partition coefficient (Wildman–Crippen LogP) is 7.58. The van der Waals surface area contributed by atoms with Gasteiger partial charge in [-0.05, 0) is 110 Å². The summed E-state index contributed by atoms with van der Waals surface area (Å²) in [4.78, 5) is 0. The first-order valence-corrected chi connectivity index (χ1v) is 12.9. The molecule has 0 radical (unpaired) electrons. The fourth-order valence-corrected chi connectivity index (χ4v) is 8.71. The molecule has 1 nitrogen and oxygen atoms in total. The standard InChI is InChI=1S/C30H42O/c1-20-7-5-6-8-22(20)10-9-21(2)26-13-14-27-25-12-11-23-19-24(31)15-17-29(23,3)28(25)16-18-30(26,27)4/h5-11,21,24-28,31H,12-19H2,1-4H3/b10-9+/t21-,24+,25+,26-,27+,28+,29+,30-/m1/s1. The molecule has 0 aromatic heterocycles. The summed E-state index contributed by atoms with van der Waals surface area (Å²) in [6.07, 6.45) is 17.4. The molecule has 0 amide bonds. The Morgan fingerprint density at radius 3 is 2.65 bits per heavy atom. The first kappa shape index (κ1) is 21.5. The summed E-state index contributed by atoms with van der Waals surface area (Å²) in [5.74, 6) is 4.04. The molecule has 4 aliphatic carbocycles. The maximum absolute atomic E-state index is 10.2. The normalized spacial score (nSPS) is 43.1. The molecule has 1 aromatic rings. The molecule has 3 saturated carbocycles. The van der Waals surface area contributed by atoms with E-state index < -0.39 is 0 Å². The van der Waals surface area contributed by atoms with Crippen LogP contribution in [-0.4, -0.2) is 11.2 Å². The fraction of sp³-hybridized carbons (Fsp3) is 0.667. The van der Waals surface area contributed by atoms with Crippen molar-refractivity contribution in [2.75, 3.05) is 0 Å². The lowest BCUT2D eigenvalue weighted by Gasteiger charge is -2.58. The quantitative estimate of drug-likeness (QED) is 0.501. The molecular formula is C30H42O. The van der Waals surface area contributed by atoms with Crippen molar-refractivity contribution in [1.29, 1.82) is 0 Å². The molecule has 5 rings (SSSR count). The van der Waals surface area contributed by atoms with Gasteiger partial charge in [-0.2, -0.15) is 0 Å². The Balaban J connectivity index is 1.36. The van der Waals surface area contributed by atoms with Gasteiger partial charge in [0.15, 0.2) is 0 Å². The van der Waals surface area contributed by atoms with Crippen LogP contribution in [0.15, 0.2) is 42.0 Å². The van der Waals surface area contributed by atoms with Gasteiger partial charge in [0.2, 0.25) is 0 Å². The molecule has 0 bridgehead atoms. The number of hydrogen-bond donors (Lipinski definition) is 1. The van der Waals surface area contributed by atoms with Crippen LogP contribution in [0.4, 0.5) is 0 Å². The average Bonchev–Trinajstić information content (AvgIpc) is 3.11. The van der Waals surface area contributed by atoms with E-state index in [1.165, 1.54) is 49.7 Å². The molecule has 4 aliphatic rings. The van der Waals surface area contributed by atoms with Crippen LogP contribution in [-0.2, 0) is 0 Å². The number of aliphatic hydroxyl groups is 1. The van der Waals surface area contributed by atoms with E-state index in [9.17, 15) is 5.11 Å². The Morgan fingerprint density at radius 2 is 1.84 bits per heavy atom. The lowest BCUT2D eigenvalue weighted by atomic mass is 9.47. The zero-order chi connectivity index (χ0) is 21.8. The van der Waals surface area contributed by atoms with Gasteiger partial charge in [0.1, 0.15) is 0 Å². The van der Waals surface area contributed by atoms with Crippen molar-refractivity contribution in [2.24, 2.45) is 40.4 Å². The van der Waals surface area contributed by atoms with Crippen LogP contribution >= 0.6 is 0 Å². The molecule has 8 atom stereocenters. The fourth-order valence-electron chi connectivity index (χ4n) is 8.71. The lowest BCUT2D eigenvalue weighted by molar-refractivity contribution is -0.0540. The van der Waals surface area contributed by atoms with Crippen LogP contribution in [0.2, 0.25) is 0 Å². The molecular weight excluding hydrogens is 376 g/mol. The zero-order valence-corrected chi connectivity index (χ0v) is 20.1. The molecule has 31 heavy (non-hydrogen) atoms. The number of aliphatic hydroxyl groups excluding tert-OH is 1. The topological polar surface area (TPSA) is 20.2 Å². The molecule has 3 fully saturated rings. The van der Waals surface area contributed by atoms with Crippen LogP contribution in [0, 0.1) is 47.3 Å². The Morgan fingerprint density at radius 1 is 1.03 bits per heavy atom.